The van der Waals surface area contributed by atoms with Gasteiger partial charge in [0.15, 0.2) is 17.6 Å². The summed E-state index contributed by atoms with van der Waals surface area (Å²) in [7, 11) is 1.96. The summed E-state index contributed by atoms with van der Waals surface area (Å²) in [5.74, 6) is 3.51. The van der Waals surface area contributed by atoms with E-state index in [9.17, 15) is 0 Å². The van der Waals surface area contributed by atoms with Crippen LogP contribution in [0.5, 0.6) is 0 Å². The number of fused-ring (bicyclic) bond motifs is 1. The second kappa shape index (κ2) is 9.53. The van der Waals surface area contributed by atoms with Crippen LogP contribution in [0.4, 0.5) is 5.82 Å². The van der Waals surface area contributed by atoms with E-state index in [2.05, 4.69) is 54.3 Å². The van der Waals surface area contributed by atoms with Gasteiger partial charge < -0.3 is 19.7 Å². The number of aromatic nitrogens is 7. The fourth-order valence-electron chi connectivity index (χ4n) is 3.57. The van der Waals surface area contributed by atoms with Crippen LogP contribution in [0.3, 0.4) is 0 Å². The lowest BCUT2D eigenvalue weighted by molar-refractivity contribution is 0.326. The third kappa shape index (κ3) is 4.32. The first-order chi connectivity index (χ1) is 14.1. The van der Waals surface area contributed by atoms with E-state index in [0.717, 1.165) is 55.3 Å². The normalized spacial score (nSPS) is 17.3. The molecule has 0 aliphatic carbocycles. The van der Waals surface area contributed by atoms with Crippen LogP contribution in [0.25, 0.3) is 5.65 Å². The average molecular weight is 525 g/mol. The molecule has 1 aliphatic rings. The smallest absolute Gasteiger partial charge is 0.203 e. The van der Waals surface area contributed by atoms with Crippen molar-refractivity contribution in [1.82, 2.24) is 44.6 Å². The standard InChI is InChI=1S/C18H27N11.HI/c1-5-19-18(21-10-15-24-23-14(3)26(15)4)27-8-9-29(13(2)11-27)16-17-25-22-12-28(17)7-6-20-16;/h6-7,12-13H,5,8-11H2,1-4H3,(H,19,21);1H. The summed E-state index contributed by atoms with van der Waals surface area (Å²) in [6.45, 7) is 10.0. The number of anilines is 1. The van der Waals surface area contributed by atoms with Crippen molar-refractivity contribution in [2.24, 2.45) is 12.0 Å². The SMILES string of the molecule is CCNC(=NCc1nnc(C)n1C)N1CCN(c2nccn3cnnc23)C(C)C1.I. The second-order valence-corrected chi connectivity index (χ2v) is 7.19. The van der Waals surface area contributed by atoms with Gasteiger partial charge in [-0.25, -0.2) is 9.98 Å². The number of halogens is 1. The van der Waals surface area contributed by atoms with Gasteiger partial charge in [0, 0.05) is 51.7 Å². The third-order valence-electron chi connectivity index (χ3n) is 5.28. The molecule has 11 nitrogen and oxygen atoms in total. The summed E-state index contributed by atoms with van der Waals surface area (Å²) < 4.78 is 3.87. The summed E-state index contributed by atoms with van der Waals surface area (Å²) in [5.41, 5.74) is 0.783. The largest absolute Gasteiger partial charge is 0.357 e. The minimum atomic E-state index is 0. The number of aliphatic imine (C=N–C) groups is 1. The summed E-state index contributed by atoms with van der Waals surface area (Å²) >= 11 is 0. The Labute approximate surface area is 192 Å². The van der Waals surface area contributed by atoms with Crippen LogP contribution in [0.2, 0.25) is 0 Å². The van der Waals surface area contributed by atoms with Gasteiger partial charge in [-0.2, -0.15) is 0 Å². The summed E-state index contributed by atoms with van der Waals surface area (Å²) in [5, 5.41) is 20.0. The van der Waals surface area contributed by atoms with E-state index >= 15 is 0 Å². The van der Waals surface area contributed by atoms with Gasteiger partial charge in [-0.1, -0.05) is 0 Å². The summed E-state index contributed by atoms with van der Waals surface area (Å²) in [6.07, 6.45) is 5.36. The molecule has 1 N–H and O–H groups in total. The molecule has 1 unspecified atom stereocenters. The van der Waals surface area contributed by atoms with Gasteiger partial charge in [-0.15, -0.1) is 44.4 Å². The molecular weight excluding hydrogens is 497 g/mol. The zero-order valence-electron chi connectivity index (χ0n) is 17.7. The van der Waals surface area contributed by atoms with Crippen LogP contribution in [-0.4, -0.2) is 77.4 Å². The maximum Gasteiger partial charge on any atom is 0.203 e. The number of guanidine groups is 1. The Bertz CT molecular complexity index is 1010. The van der Waals surface area contributed by atoms with Crippen molar-refractivity contribution in [3.63, 3.8) is 0 Å². The molecule has 0 saturated carbocycles. The maximum atomic E-state index is 4.80. The van der Waals surface area contributed by atoms with Crippen molar-refractivity contribution in [3.05, 3.63) is 30.4 Å². The van der Waals surface area contributed by atoms with Crippen LogP contribution in [0.1, 0.15) is 25.5 Å². The molecule has 0 aromatic carbocycles. The maximum absolute atomic E-state index is 4.80. The van der Waals surface area contributed by atoms with Gasteiger partial charge in [0.1, 0.15) is 18.7 Å². The molecule has 3 aromatic rings. The van der Waals surface area contributed by atoms with E-state index < -0.39 is 0 Å². The van der Waals surface area contributed by atoms with Gasteiger partial charge in [-0.3, -0.25) is 4.40 Å². The molecule has 162 valence electrons. The Hall–Kier alpha value is -2.51. The van der Waals surface area contributed by atoms with Gasteiger partial charge in [-0.05, 0) is 20.8 Å². The average Bonchev–Trinajstić information content (AvgIpc) is 3.32. The van der Waals surface area contributed by atoms with Crippen molar-refractivity contribution in [2.45, 2.75) is 33.4 Å². The third-order valence-corrected chi connectivity index (χ3v) is 5.28. The summed E-state index contributed by atoms with van der Waals surface area (Å²) in [4.78, 5) is 13.9. The van der Waals surface area contributed by atoms with Crippen LogP contribution in [-0.2, 0) is 13.6 Å². The van der Waals surface area contributed by atoms with Crippen molar-refractivity contribution in [3.8, 4) is 0 Å². The van der Waals surface area contributed by atoms with E-state index in [0.29, 0.717) is 6.54 Å². The number of nitrogens with zero attached hydrogens (tertiary/aromatic N) is 10. The highest BCUT2D eigenvalue weighted by atomic mass is 127. The lowest BCUT2D eigenvalue weighted by Gasteiger charge is -2.41. The molecule has 0 amide bonds. The Balaban J connectivity index is 0.00000256. The molecule has 0 spiro atoms. The Morgan fingerprint density at radius 3 is 2.80 bits per heavy atom. The molecule has 3 aromatic heterocycles. The predicted molar refractivity (Wildman–Crippen MR) is 125 cm³/mol. The zero-order valence-corrected chi connectivity index (χ0v) is 20.1. The van der Waals surface area contributed by atoms with E-state index in [1.165, 1.54) is 0 Å². The molecule has 1 saturated heterocycles. The number of piperazine rings is 1. The molecule has 1 aliphatic heterocycles. The van der Waals surface area contributed by atoms with Crippen molar-refractivity contribution < 1.29 is 0 Å². The minimum absolute atomic E-state index is 0. The fraction of sp³-hybridized carbons (Fsp3) is 0.556. The van der Waals surface area contributed by atoms with Crippen LogP contribution < -0.4 is 10.2 Å². The quantitative estimate of drug-likeness (QED) is 0.304. The monoisotopic (exact) mass is 525 g/mol. The minimum Gasteiger partial charge on any atom is -0.357 e. The summed E-state index contributed by atoms with van der Waals surface area (Å²) in [6, 6.07) is 0.250. The van der Waals surface area contributed by atoms with Crippen LogP contribution in [0, 0.1) is 6.92 Å². The number of hydrogen-bond donors (Lipinski definition) is 1. The molecule has 4 rings (SSSR count). The molecule has 0 bridgehead atoms. The van der Waals surface area contributed by atoms with E-state index in [1.807, 2.05) is 29.1 Å². The fourth-order valence-corrected chi connectivity index (χ4v) is 3.57. The second-order valence-electron chi connectivity index (χ2n) is 7.19. The first kappa shape index (κ1) is 22.2. The van der Waals surface area contributed by atoms with E-state index in [1.54, 1.807) is 12.5 Å². The highest BCUT2D eigenvalue weighted by Crippen LogP contribution is 2.21. The molecule has 4 heterocycles. The van der Waals surface area contributed by atoms with Crippen LogP contribution >= 0.6 is 24.0 Å². The lowest BCUT2D eigenvalue weighted by atomic mass is 10.2. The Morgan fingerprint density at radius 2 is 2.10 bits per heavy atom. The predicted octanol–water partition coefficient (Wildman–Crippen LogP) is 0.855. The number of rotatable bonds is 4. The topological polar surface area (TPSA) is 105 Å². The Morgan fingerprint density at radius 1 is 1.27 bits per heavy atom. The zero-order chi connectivity index (χ0) is 20.4. The molecule has 1 atom stereocenters. The first-order valence-electron chi connectivity index (χ1n) is 9.87. The highest BCUT2D eigenvalue weighted by molar-refractivity contribution is 14.0. The molecular formula is C18H28IN11. The molecule has 1 fully saturated rings. The van der Waals surface area contributed by atoms with E-state index in [4.69, 9.17) is 4.99 Å². The molecule has 12 heteroatoms. The number of nitrogens with one attached hydrogen (secondary N) is 1. The first-order valence-corrected chi connectivity index (χ1v) is 9.87. The molecule has 0 radical (unpaired) electrons. The van der Waals surface area contributed by atoms with Gasteiger partial charge in [0.05, 0.1) is 0 Å². The van der Waals surface area contributed by atoms with Crippen LogP contribution in [0.15, 0.2) is 23.7 Å². The number of hydrogen-bond acceptors (Lipinski definition) is 7. The van der Waals surface area contributed by atoms with Gasteiger partial charge >= 0.3 is 0 Å². The van der Waals surface area contributed by atoms with Crippen molar-refractivity contribution >= 4 is 41.4 Å². The van der Waals surface area contributed by atoms with E-state index in [-0.39, 0.29) is 30.0 Å². The highest BCUT2D eigenvalue weighted by Gasteiger charge is 2.28. The van der Waals surface area contributed by atoms with Crippen molar-refractivity contribution in [2.75, 3.05) is 31.1 Å². The van der Waals surface area contributed by atoms with Gasteiger partial charge in [0.25, 0.3) is 0 Å². The molecule has 30 heavy (non-hydrogen) atoms. The lowest BCUT2D eigenvalue weighted by Crippen LogP contribution is -2.56. The van der Waals surface area contributed by atoms with Gasteiger partial charge in [0.2, 0.25) is 5.65 Å². The Kier molecular flexibility index (Phi) is 7.05. The van der Waals surface area contributed by atoms with Crippen molar-refractivity contribution in [1.29, 1.82) is 0 Å². The number of aryl methyl sites for hydroxylation is 1.